The van der Waals surface area contributed by atoms with E-state index in [0.29, 0.717) is 5.92 Å². The second-order valence-corrected chi connectivity index (χ2v) is 13.9. The van der Waals surface area contributed by atoms with Crippen LogP contribution in [0.3, 0.4) is 0 Å². The molecule has 42 heavy (non-hydrogen) atoms. The van der Waals surface area contributed by atoms with Crippen LogP contribution in [0.1, 0.15) is 91.8 Å². The third-order valence-corrected chi connectivity index (χ3v) is 7.85. The molecule has 3 aromatic carbocycles. The van der Waals surface area contributed by atoms with E-state index in [1.807, 2.05) is 41.5 Å². The number of hydrogen-bond donors (Lipinski definition) is 1. The van der Waals surface area contributed by atoms with Gasteiger partial charge < -0.3 is 5.11 Å². The Kier molecular flexibility index (Phi) is 9.71. The zero-order valence-corrected chi connectivity index (χ0v) is 28.9. The van der Waals surface area contributed by atoms with Crippen molar-refractivity contribution in [2.75, 3.05) is 0 Å². The molecule has 0 fully saturated rings. The van der Waals surface area contributed by atoms with E-state index in [-0.39, 0.29) is 42.5 Å². The number of nitrogens with zero attached hydrogens (tertiary/aromatic N) is 2. The Hall–Kier alpha value is -3.14. The van der Waals surface area contributed by atoms with Gasteiger partial charge in [-0.05, 0) is 27.6 Å². The molecule has 5 rings (SSSR count). The van der Waals surface area contributed by atoms with Crippen LogP contribution in [-0.4, -0.2) is 20.9 Å². The number of aliphatic hydroxyl groups excluding tert-OH is 1. The summed E-state index contributed by atoms with van der Waals surface area (Å²) in [5, 5.41) is 12.1. The van der Waals surface area contributed by atoms with E-state index in [9.17, 15) is 9.90 Å². The first-order chi connectivity index (χ1) is 19.0. The maximum atomic E-state index is 11.5. The van der Waals surface area contributed by atoms with Crippen molar-refractivity contribution >= 4 is 16.6 Å². The van der Waals surface area contributed by atoms with E-state index in [0.717, 1.165) is 17.0 Å². The minimum Gasteiger partial charge on any atom is -0.512 e. The minimum atomic E-state index is -0.417. The number of aromatic nitrogens is 2. The molecule has 4 nitrogen and oxygen atoms in total. The number of allylic oxidation sites excluding steroid dienone is 2. The second-order valence-electron chi connectivity index (χ2n) is 13.9. The molecule has 0 saturated carbocycles. The number of carbonyl (C=O) groups is 1. The van der Waals surface area contributed by atoms with Gasteiger partial charge in [0, 0.05) is 48.0 Å². The summed E-state index contributed by atoms with van der Waals surface area (Å²) < 4.78 is 0. The molecule has 0 spiro atoms. The predicted octanol–water partition coefficient (Wildman–Crippen LogP) is 9.61. The van der Waals surface area contributed by atoms with Crippen LogP contribution in [0.4, 0.5) is 0 Å². The summed E-state index contributed by atoms with van der Waals surface area (Å²) in [5.74, 6) is 0.598. The molecule has 223 valence electrons. The van der Waals surface area contributed by atoms with Gasteiger partial charge in [-0.2, -0.15) is 0 Å². The number of carbonyl (C=O) groups excluding carboxylic acids is 1. The van der Waals surface area contributed by atoms with Crippen LogP contribution in [0.5, 0.6) is 0 Å². The summed E-state index contributed by atoms with van der Waals surface area (Å²) in [6.45, 7) is 20.1. The Morgan fingerprint density at radius 2 is 1.55 bits per heavy atom. The van der Waals surface area contributed by atoms with Gasteiger partial charge in [-0.15, -0.1) is 35.4 Å². The van der Waals surface area contributed by atoms with Crippen molar-refractivity contribution in [2.45, 2.75) is 80.6 Å². The Labute approximate surface area is 265 Å². The maximum absolute atomic E-state index is 11.5. The number of aliphatic hydroxyl groups is 1. The number of rotatable bonds is 3. The van der Waals surface area contributed by atoms with Gasteiger partial charge in [0.25, 0.3) is 0 Å². The quantitative estimate of drug-likeness (QED) is 0.129. The summed E-state index contributed by atoms with van der Waals surface area (Å²) in [6.07, 6.45) is 3.03. The van der Waals surface area contributed by atoms with Crippen molar-refractivity contribution in [1.82, 2.24) is 9.97 Å². The number of hydrogen-bond acceptors (Lipinski definition) is 4. The molecule has 5 heteroatoms. The van der Waals surface area contributed by atoms with Gasteiger partial charge in [-0.1, -0.05) is 112 Å². The van der Waals surface area contributed by atoms with Gasteiger partial charge >= 0.3 is 0 Å². The largest absolute Gasteiger partial charge is 0.512 e. The Bertz CT molecular complexity index is 1620. The van der Waals surface area contributed by atoms with Gasteiger partial charge in [0.05, 0.1) is 5.69 Å². The van der Waals surface area contributed by atoms with Gasteiger partial charge in [0.2, 0.25) is 0 Å². The molecule has 0 aliphatic heterocycles. The topological polar surface area (TPSA) is 63.1 Å². The summed E-state index contributed by atoms with van der Waals surface area (Å²) in [5.41, 5.74) is 7.23. The fraction of sp³-hybridized carbons (Fsp3) is 0.378. The Morgan fingerprint density at radius 3 is 2.12 bits per heavy atom. The molecular weight excluding hydrogens is 697 g/mol. The normalized spacial score (nSPS) is 14.0. The number of ketones is 1. The minimum absolute atomic E-state index is 0. The monoisotopic (exact) mass is 740 g/mol. The molecule has 1 aliphatic rings. The zero-order chi connectivity index (χ0) is 30.3. The molecule has 1 N–H and O–H groups in total. The number of benzene rings is 3. The first kappa shape index (κ1) is 33.4. The first-order valence-corrected chi connectivity index (χ1v) is 14.4. The molecule has 0 saturated heterocycles. The Morgan fingerprint density at radius 1 is 0.905 bits per heavy atom. The average molecular weight is 740 g/mol. The smallest absolute Gasteiger partial charge is 0.164 e. The van der Waals surface area contributed by atoms with Crippen molar-refractivity contribution in [1.29, 1.82) is 0 Å². The molecule has 0 atom stereocenters. The van der Waals surface area contributed by atoms with Crippen LogP contribution in [0.15, 0.2) is 72.8 Å². The van der Waals surface area contributed by atoms with E-state index >= 15 is 0 Å². The van der Waals surface area contributed by atoms with Crippen molar-refractivity contribution in [3.05, 3.63) is 95.5 Å². The summed E-state index contributed by atoms with van der Waals surface area (Å²) in [7, 11) is 0. The van der Waals surface area contributed by atoms with Gasteiger partial charge in [-0.25, -0.2) is 4.98 Å². The summed E-state index contributed by atoms with van der Waals surface area (Å²) in [4.78, 5) is 21.0. The van der Waals surface area contributed by atoms with Crippen LogP contribution < -0.4 is 0 Å². The van der Waals surface area contributed by atoms with E-state index in [4.69, 9.17) is 9.97 Å². The molecule has 1 aliphatic carbocycles. The van der Waals surface area contributed by atoms with Gasteiger partial charge in [0.15, 0.2) is 5.78 Å². The molecule has 1 aromatic heterocycles. The average Bonchev–Trinajstić information content (AvgIpc) is 3.15. The third-order valence-electron chi connectivity index (χ3n) is 7.85. The molecular formula is C37H43IrN2O2-. The SMILES string of the molecule is CC(C)(C)C(=O)/C=C(\O)C(C)(C)C.CC(C)c1c[c-]c(-c2ncnc3c2C(C)(C)c2ccc4ccccc4c2-3)cc1.[Ir]. The van der Waals surface area contributed by atoms with E-state index in [1.54, 1.807) is 6.33 Å². The van der Waals surface area contributed by atoms with Crippen molar-refractivity contribution in [2.24, 2.45) is 10.8 Å². The van der Waals surface area contributed by atoms with Crippen LogP contribution in [0.2, 0.25) is 0 Å². The fourth-order valence-corrected chi connectivity index (χ4v) is 5.05. The van der Waals surface area contributed by atoms with Crippen LogP contribution in [-0.2, 0) is 30.3 Å². The summed E-state index contributed by atoms with van der Waals surface area (Å²) >= 11 is 0. The van der Waals surface area contributed by atoms with Crippen molar-refractivity contribution in [3.63, 3.8) is 0 Å². The number of fused-ring (bicyclic) bond motifs is 5. The predicted molar refractivity (Wildman–Crippen MR) is 170 cm³/mol. The molecule has 0 bridgehead atoms. The van der Waals surface area contributed by atoms with E-state index in [2.05, 4.69) is 88.4 Å². The zero-order valence-electron chi connectivity index (χ0n) is 26.5. The molecule has 4 aromatic rings. The molecule has 0 unspecified atom stereocenters. The molecule has 1 heterocycles. The molecule has 1 radical (unpaired) electrons. The summed E-state index contributed by atoms with van der Waals surface area (Å²) in [6, 6.07) is 23.0. The Balaban J connectivity index is 0.000000297. The van der Waals surface area contributed by atoms with Gasteiger partial charge in [-0.3, -0.25) is 9.78 Å². The maximum Gasteiger partial charge on any atom is 0.164 e. The third kappa shape index (κ3) is 6.58. The standard InChI is InChI=1S/C26H23N2.C11H20O2.Ir/c1-16(2)17-9-11-19(12-10-17)24-23-25(28-15-27-24)22-20-8-6-5-7-18(20)13-14-21(22)26(23,3)4;1-10(2,3)8(12)7-9(13)11(4,5)6;/h5-11,13-16H,1-4H3;7,12H,1-6H3;/q-1;;/b;8-7-;. The van der Waals surface area contributed by atoms with E-state index in [1.165, 1.54) is 39.1 Å². The van der Waals surface area contributed by atoms with Crippen LogP contribution >= 0.6 is 0 Å². The van der Waals surface area contributed by atoms with Gasteiger partial charge in [0.1, 0.15) is 12.1 Å². The fourth-order valence-electron chi connectivity index (χ4n) is 5.05. The van der Waals surface area contributed by atoms with Crippen molar-refractivity contribution < 1.29 is 30.0 Å². The van der Waals surface area contributed by atoms with Crippen molar-refractivity contribution in [3.8, 4) is 22.5 Å². The van der Waals surface area contributed by atoms with Crippen LogP contribution in [0, 0.1) is 16.9 Å². The molecule has 0 amide bonds. The second kappa shape index (κ2) is 12.2. The first-order valence-electron chi connectivity index (χ1n) is 14.4. The van der Waals surface area contributed by atoms with E-state index < -0.39 is 5.41 Å². The van der Waals surface area contributed by atoms with Crippen LogP contribution in [0.25, 0.3) is 33.3 Å².